The average molecular weight is 378 g/mol. The summed E-state index contributed by atoms with van der Waals surface area (Å²) >= 11 is 0. The molecule has 150 valence electrons. The van der Waals surface area contributed by atoms with E-state index in [0.29, 0.717) is 12.8 Å². The van der Waals surface area contributed by atoms with E-state index < -0.39 is 35.2 Å². The Morgan fingerprint density at radius 2 is 1.63 bits per heavy atom. The van der Waals surface area contributed by atoms with Gasteiger partial charge in [-0.3, -0.25) is 4.79 Å². The fraction of sp³-hybridized carbons (Fsp3) is 0.550. The number of methoxy groups -OCH3 is 1. The van der Waals surface area contributed by atoms with Gasteiger partial charge in [-0.05, 0) is 53.0 Å². The van der Waals surface area contributed by atoms with Gasteiger partial charge >= 0.3 is 12.1 Å². The van der Waals surface area contributed by atoms with Gasteiger partial charge in [0.1, 0.15) is 17.2 Å². The standard InChI is InChI=1S/C20H30N2O5/c1-19(2,3)27-18(25)22-20(4,5)17(24)21-15(16(23)26-6)13-12-14-10-8-7-9-11-14/h7-11,15H,12-13H2,1-6H3,(H,21,24)(H,22,25)/t15-/m1/s1. The van der Waals surface area contributed by atoms with Crippen LogP contribution in [0.5, 0.6) is 0 Å². The van der Waals surface area contributed by atoms with Crippen molar-refractivity contribution in [3.05, 3.63) is 35.9 Å². The smallest absolute Gasteiger partial charge is 0.408 e. The minimum absolute atomic E-state index is 0.380. The van der Waals surface area contributed by atoms with Gasteiger partial charge in [-0.2, -0.15) is 0 Å². The summed E-state index contributed by atoms with van der Waals surface area (Å²) in [5.74, 6) is -1.04. The number of nitrogens with one attached hydrogen (secondary N) is 2. The molecule has 7 heteroatoms. The second-order valence-corrected chi connectivity index (χ2v) is 7.83. The monoisotopic (exact) mass is 378 g/mol. The Morgan fingerprint density at radius 1 is 1.04 bits per heavy atom. The van der Waals surface area contributed by atoms with Crippen molar-refractivity contribution in [3.8, 4) is 0 Å². The van der Waals surface area contributed by atoms with Crippen LogP contribution in [0.25, 0.3) is 0 Å². The predicted molar refractivity (Wildman–Crippen MR) is 102 cm³/mol. The summed E-state index contributed by atoms with van der Waals surface area (Å²) in [6, 6.07) is 8.81. The van der Waals surface area contributed by atoms with E-state index in [9.17, 15) is 14.4 Å². The molecule has 0 saturated carbocycles. The molecule has 2 N–H and O–H groups in total. The topological polar surface area (TPSA) is 93.7 Å². The third-order valence-corrected chi connectivity index (χ3v) is 3.74. The molecular formula is C20H30N2O5. The van der Waals surface area contributed by atoms with E-state index in [4.69, 9.17) is 9.47 Å². The number of benzene rings is 1. The van der Waals surface area contributed by atoms with Crippen molar-refractivity contribution in [2.75, 3.05) is 7.11 Å². The minimum Gasteiger partial charge on any atom is -0.467 e. The second-order valence-electron chi connectivity index (χ2n) is 7.83. The van der Waals surface area contributed by atoms with Crippen LogP contribution in [0.3, 0.4) is 0 Å². The summed E-state index contributed by atoms with van der Waals surface area (Å²) in [7, 11) is 1.27. The lowest BCUT2D eigenvalue weighted by atomic mass is 10.0. The highest BCUT2D eigenvalue weighted by atomic mass is 16.6. The summed E-state index contributed by atoms with van der Waals surface area (Å²) in [6.07, 6.45) is 0.271. The molecule has 0 spiro atoms. The number of carbonyl (C=O) groups is 3. The average Bonchev–Trinajstić information content (AvgIpc) is 2.56. The van der Waals surface area contributed by atoms with Gasteiger partial charge in [0.15, 0.2) is 0 Å². The zero-order valence-electron chi connectivity index (χ0n) is 16.9. The minimum atomic E-state index is -1.26. The normalized spacial score (nSPS) is 12.7. The molecular weight excluding hydrogens is 348 g/mol. The number of carbonyl (C=O) groups excluding carboxylic acids is 3. The van der Waals surface area contributed by atoms with E-state index in [2.05, 4.69) is 10.6 Å². The molecule has 0 aromatic heterocycles. The Bertz CT molecular complexity index is 650. The van der Waals surface area contributed by atoms with Gasteiger partial charge in [-0.1, -0.05) is 30.3 Å². The van der Waals surface area contributed by atoms with Crippen molar-refractivity contribution >= 4 is 18.0 Å². The molecule has 1 atom stereocenters. The molecule has 0 aliphatic carbocycles. The molecule has 1 aromatic rings. The van der Waals surface area contributed by atoms with E-state index in [0.717, 1.165) is 5.56 Å². The van der Waals surface area contributed by atoms with E-state index in [-0.39, 0.29) is 0 Å². The van der Waals surface area contributed by atoms with Gasteiger partial charge in [0.2, 0.25) is 5.91 Å². The number of amides is 2. The number of hydrogen-bond donors (Lipinski definition) is 2. The van der Waals surface area contributed by atoms with Crippen LogP contribution in [0.15, 0.2) is 30.3 Å². The Hall–Kier alpha value is -2.57. The van der Waals surface area contributed by atoms with E-state index >= 15 is 0 Å². The quantitative estimate of drug-likeness (QED) is 0.711. The van der Waals surface area contributed by atoms with Gasteiger partial charge in [0, 0.05) is 0 Å². The van der Waals surface area contributed by atoms with E-state index in [1.54, 1.807) is 20.8 Å². The molecule has 0 fully saturated rings. The number of esters is 1. The van der Waals surface area contributed by atoms with Gasteiger partial charge in [0.25, 0.3) is 0 Å². The molecule has 0 aliphatic heterocycles. The number of alkyl carbamates (subject to hydrolysis) is 1. The van der Waals surface area contributed by atoms with Crippen molar-refractivity contribution in [3.63, 3.8) is 0 Å². The fourth-order valence-electron chi connectivity index (χ4n) is 2.30. The lowest BCUT2D eigenvalue weighted by molar-refractivity contribution is -0.146. The first-order valence-electron chi connectivity index (χ1n) is 8.88. The number of aryl methyl sites for hydroxylation is 1. The maximum atomic E-state index is 12.6. The summed E-state index contributed by atoms with van der Waals surface area (Å²) in [6.45, 7) is 8.28. The first kappa shape index (κ1) is 22.5. The summed E-state index contributed by atoms with van der Waals surface area (Å²) in [5, 5.41) is 5.19. The van der Waals surface area contributed by atoms with Crippen LogP contribution in [0.1, 0.15) is 46.6 Å². The number of ether oxygens (including phenoxy) is 2. The van der Waals surface area contributed by atoms with Crippen LogP contribution in [-0.2, 0) is 25.5 Å². The highest BCUT2D eigenvalue weighted by molar-refractivity contribution is 5.92. The fourth-order valence-corrected chi connectivity index (χ4v) is 2.30. The maximum Gasteiger partial charge on any atom is 0.408 e. The van der Waals surface area contributed by atoms with Gasteiger partial charge in [0.05, 0.1) is 7.11 Å². The van der Waals surface area contributed by atoms with E-state index in [1.807, 2.05) is 30.3 Å². The molecule has 0 heterocycles. The van der Waals surface area contributed by atoms with Crippen LogP contribution >= 0.6 is 0 Å². The highest BCUT2D eigenvalue weighted by Crippen LogP contribution is 2.11. The zero-order valence-corrected chi connectivity index (χ0v) is 16.9. The Kier molecular flexibility index (Phi) is 7.82. The predicted octanol–water partition coefficient (Wildman–Crippen LogP) is 2.58. The molecule has 0 radical (unpaired) electrons. The molecule has 0 unspecified atom stereocenters. The van der Waals surface area contributed by atoms with Crippen molar-refractivity contribution in [1.82, 2.24) is 10.6 Å². The largest absolute Gasteiger partial charge is 0.467 e. The molecule has 27 heavy (non-hydrogen) atoms. The molecule has 0 saturated heterocycles. The highest BCUT2D eigenvalue weighted by Gasteiger charge is 2.34. The van der Waals surface area contributed by atoms with Gasteiger partial charge in [-0.15, -0.1) is 0 Å². The Morgan fingerprint density at radius 3 is 2.15 bits per heavy atom. The zero-order chi connectivity index (χ0) is 20.7. The van der Waals surface area contributed by atoms with Crippen LogP contribution in [-0.4, -0.2) is 42.3 Å². The first-order valence-corrected chi connectivity index (χ1v) is 8.88. The lowest BCUT2D eigenvalue weighted by Crippen LogP contribution is -2.58. The van der Waals surface area contributed by atoms with Crippen LogP contribution < -0.4 is 10.6 Å². The summed E-state index contributed by atoms with van der Waals surface area (Å²) < 4.78 is 9.98. The second kappa shape index (κ2) is 9.39. The molecule has 1 aromatic carbocycles. The Balaban J connectivity index is 2.73. The van der Waals surface area contributed by atoms with Crippen molar-refractivity contribution in [2.24, 2.45) is 0 Å². The van der Waals surface area contributed by atoms with Crippen molar-refractivity contribution in [1.29, 1.82) is 0 Å². The maximum absolute atomic E-state index is 12.6. The first-order chi connectivity index (χ1) is 12.4. The molecule has 1 rings (SSSR count). The molecule has 0 aliphatic rings. The van der Waals surface area contributed by atoms with E-state index in [1.165, 1.54) is 21.0 Å². The van der Waals surface area contributed by atoms with Crippen LogP contribution in [0.2, 0.25) is 0 Å². The van der Waals surface area contributed by atoms with Gasteiger partial charge < -0.3 is 20.1 Å². The van der Waals surface area contributed by atoms with Crippen molar-refractivity contribution in [2.45, 2.75) is 64.6 Å². The third kappa shape index (κ3) is 8.11. The lowest BCUT2D eigenvalue weighted by Gasteiger charge is -2.29. The SMILES string of the molecule is COC(=O)[C@@H](CCc1ccccc1)NC(=O)C(C)(C)NC(=O)OC(C)(C)C. The summed E-state index contributed by atoms with van der Waals surface area (Å²) in [4.78, 5) is 36.6. The van der Waals surface area contributed by atoms with Crippen LogP contribution in [0, 0.1) is 0 Å². The van der Waals surface area contributed by atoms with Crippen LogP contribution in [0.4, 0.5) is 4.79 Å². The number of hydrogen-bond acceptors (Lipinski definition) is 5. The molecule has 7 nitrogen and oxygen atoms in total. The molecule has 2 amide bonds. The van der Waals surface area contributed by atoms with Gasteiger partial charge in [-0.25, -0.2) is 9.59 Å². The summed E-state index contributed by atoms with van der Waals surface area (Å²) in [5.41, 5.74) is -0.894. The van der Waals surface area contributed by atoms with Crippen molar-refractivity contribution < 1.29 is 23.9 Å². The molecule has 0 bridgehead atoms. The Labute approximate surface area is 160 Å². The third-order valence-electron chi connectivity index (χ3n) is 3.74. The number of rotatable bonds is 7.